The number of anilines is 2. The Hall–Kier alpha value is -2.55. The van der Waals surface area contributed by atoms with Gasteiger partial charge in [0.15, 0.2) is 5.82 Å². The second kappa shape index (κ2) is 11.9. The van der Waals surface area contributed by atoms with Crippen molar-refractivity contribution in [2.24, 2.45) is 0 Å². The van der Waals surface area contributed by atoms with E-state index in [-0.39, 0.29) is 51.1 Å². The van der Waals surface area contributed by atoms with Crippen LogP contribution in [0.3, 0.4) is 0 Å². The number of nitriles is 1. The average molecular weight is 626 g/mol. The zero-order valence-corrected chi connectivity index (χ0v) is 25.0. The molecule has 0 spiro atoms. The molecule has 1 aromatic carbocycles. The molecule has 0 unspecified atom stereocenters. The summed E-state index contributed by atoms with van der Waals surface area (Å²) < 4.78 is 27.1. The monoisotopic (exact) mass is 624 g/mol. The van der Waals surface area contributed by atoms with Gasteiger partial charge < -0.3 is 30.3 Å². The van der Waals surface area contributed by atoms with Gasteiger partial charge in [-0.1, -0.05) is 11.6 Å². The van der Waals surface area contributed by atoms with Crippen molar-refractivity contribution in [3.05, 3.63) is 21.4 Å². The minimum atomic E-state index is -0.644. The van der Waals surface area contributed by atoms with Gasteiger partial charge in [0, 0.05) is 30.1 Å². The number of amides is 1. The third kappa shape index (κ3) is 6.61. The van der Waals surface area contributed by atoms with Gasteiger partial charge in [-0.05, 0) is 82.0 Å². The van der Waals surface area contributed by atoms with Crippen LogP contribution >= 0.6 is 27.5 Å². The zero-order valence-electron chi connectivity index (χ0n) is 22.7. The number of likely N-dealkylation sites (tertiary alicyclic amines) is 2. The largest absolute Gasteiger partial charge is 0.474 e. The molecule has 3 heterocycles. The molecule has 0 bridgehead atoms. The number of hydrogen-bond donors (Lipinski definition) is 2. The van der Waals surface area contributed by atoms with Crippen LogP contribution in [0.5, 0.6) is 5.88 Å². The van der Waals surface area contributed by atoms with E-state index < -0.39 is 17.5 Å². The highest BCUT2D eigenvalue weighted by molar-refractivity contribution is 9.10. The number of fused-ring (bicyclic) bond motifs is 1. The Morgan fingerprint density at radius 2 is 2.10 bits per heavy atom. The van der Waals surface area contributed by atoms with E-state index in [0.717, 1.165) is 19.4 Å². The van der Waals surface area contributed by atoms with E-state index >= 15 is 4.39 Å². The first-order valence-corrected chi connectivity index (χ1v) is 14.3. The Kier molecular flexibility index (Phi) is 8.98. The lowest BCUT2D eigenvalue weighted by Crippen LogP contribution is -2.50. The number of nitrogens with zero attached hydrogens (tertiary/aromatic N) is 4. The second-order valence-corrected chi connectivity index (χ2v) is 12.4. The standard InChI is InChI=1S/C27H35BrClFN6O3/c1-27(2,3)39-26(37)36-11-8-15(12-16(36)7-9-31)33-24-18-13-19(29)20(28)21(30)23(18)34-25(22(24)32)38-14-17-6-5-10-35(17)4/h13,15-17H,5-8,10-12,14,32H2,1-4H3,(H,33,34)/t15-,16+,17-/m0/s1. The van der Waals surface area contributed by atoms with E-state index in [9.17, 15) is 10.1 Å². The van der Waals surface area contributed by atoms with E-state index in [1.807, 2.05) is 27.8 Å². The molecule has 1 amide bonds. The van der Waals surface area contributed by atoms with Crippen LogP contribution in [-0.4, -0.2) is 71.3 Å². The maximum atomic E-state index is 15.4. The van der Waals surface area contributed by atoms with Gasteiger partial charge in [0.1, 0.15) is 23.4 Å². The number of likely N-dealkylation sites (N-methyl/N-ethyl adjacent to an activating group) is 1. The van der Waals surface area contributed by atoms with Gasteiger partial charge >= 0.3 is 6.09 Å². The molecule has 4 rings (SSSR count). The first-order chi connectivity index (χ1) is 18.4. The maximum Gasteiger partial charge on any atom is 0.410 e. The number of ether oxygens (including phenoxy) is 2. The van der Waals surface area contributed by atoms with E-state index in [4.69, 9.17) is 26.8 Å². The van der Waals surface area contributed by atoms with Gasteiger partial charge in [0.05, 0.1) is 27.7 Å². The molecule has 2 aromatic rings. The Labute approximate surface area is 241 Å². The van der Waals surface area contributed by atoms with Crippen molar-refractivity contribution in [2.45, 2.75) is 76.6 Å². The molecule has 0 aliphatic carbocycles. The number of aromatic nitrogens is 1. The van der Waals surface area contributed by atoms with E-state index in [0.29, 0.717) is 37.1 Å². The fourth-order valence-corrected chi connectivity index (χ4v) is 5.67. The number of nitrogens with two attached hydrogens (primary N) is 1. The summed E-state index contributed by atoms with van der Waals surface area (Å²) in [4.78, 5) is 21.1. The quantitative estimate of drug-likeness (QED) is 0.379. The number of nitrogens with one attached hydrogen (secondary N) is 1. The SMILES string of the molecule is CN1CCC[C@H]1COc1nc2c(F)c(Br)c(Cl)cc2c(N[C@H]2CCN(C(=O)OC(C)(C)C)[C@H](CC#N)C2)c1N. The maximum absolute atomic E-state index is 15.4. The predicted molar refractivity (Wildman–Crippen MR) is 154 cm³/mol. The van der Waals surface area contributed by atoms with E-state index in [1.54, 1.807) is 11.0 Å². The van der Waals surface area contributed by atoms with Crippen LogP contribution in [0.15, 0.2) is 10.5 Å². The van der Waals surface area contributed by atoms with Crippen LogP contribution in [0.4, 0.5) is 20.6 Å². The number of rotatable bonds is 6. The summed E-state index contributed by atoms with van der Waals surface area (Å²) in [6.45, 7) is 7.19. The molecule has 212 valence electrons. The summed E-state index contributed by atoms with van der Waals surface area (Å²) in [5, 5.41) is 13.5. The molecule has 2 saturated heterocycles. The molecule has 2 aliphatic rings. The van der Waals surface area contributed by atoms with Crippen LogP contribution in [0, 0.1) is 17.1 Å². The summed E-state index contributed by atoms with van der Waals surface area (Å²) >= 11 is 9.53. The summed E-state index contributed by atoms with van der Waals surface area (Å²) in [6.07, 6.45) is 2.85. The molecule has 3 atom stereocenters. The highest BCUT2D eigenvalue weighted by atomic mass is 79.9. The molecule has 0 saturated carbocycles. The lowest BCUT2D eigenvalue weighted by molar-refractivity contribution is 0.00954. The number of carbonyl (C=O) groups is 1. The topological polar surface area (TPSA) is 117 Å². The van der Waals surface area contributed by atoms with Crippen LogP contribution in [0.25, 0.3) is 10.9 Å². The van der Waals surface area contributed by atoms with Crippen molar-refractivity contribution in [1.29, 1.82) is 5.26 Å². The summed E-state index contributed by atoms with van der Waals surface area (Å²) in [5.41, 5.74) is 6.75. The summed E-state index contributed by atoms with van der Waals surface area (Å²) in [5.74, 6) is -0.455. The van der Waals surface area contributed by atoms with Crippen molar-refractivity contribution in [2.75, 3.05) is 37.8 Å². The Bertz CT molecular complexity index is 1280. The lowest BCUT2D eigenvalue weighted by Gasteiger charge is -2.39. The molecule has 39 heavy (non-hydrogen) atoms. The van der Waals surface area contributed by atoms with Gasteiger partial charge in [-0.15, -0.1) is 0 Å². The molecule has 2 fully saturated rings. The third-order valence-corrected chi connectivity index (χ3v) is 8.52. The van der Waals surface area contributed by atoms with Gasteiger partial charge in [-0.25, -0.2) is 14.2 Å². The van der Waals surface area contributed by atoms with E-state index in [1.165, 1.54) is 0 Å². The number of benzene rings is 1. The summed E-state index contributed by atoms with van der Waals surface area (Å²) in [6, 6.07) is 3.51. The minimum absolute atomic E-state index is 0.0810. The van der Waals surface area contributed by atoms with Gasteiger partial charge in [-0.2, -0.15) is 5.26 Å². The van der Waals surface area contributed by atoms with Gasteiger partial charge in [0.25, 0.3) is 0 Å². The minimum Gasteiger partial charge on any atom is -0.474 e. The van der Waals surface area contributed by atoms with Gasteiger partial charge in [-0.3, -0.25) is 0 Å². The van der Waals surface area contributed by atoms with Crippen LogP contribution in [0.2, 0.25) is 5.02 Å². The first kappa shape index (κ1) is 29.4. The third-order valence-electron chi connectivity index (χ3n) is 7.22. The Morgan fingerprint density at radius 3 is 2.74 bits per heavy atom. The number of carbonyl (C=O) groups excluding carboxylic acids is 1. The zero-order chi connectivity index (χ0) is 28.5. The Morgan fingerprint density at radius 1 is 1.36 bits per heavy atom. The van der Waals surface area contributed by atoms with Crippen molar-refractivity contribution in [3.63, 3.8) is 0 Å². The molecule has 2 aliphatic heterocycles. The fourth-order valence-electron chi connectivity index (χ4n) is 5.18. The van der Waals surface area contributed by atoms with Crippen LogP contribution < -0.4 is 15.8 Å². The first-order valence-electron chi connectivity index (χ1n) is 13.1. The second-order valence-electron chi connectivity index (χ2n) is 11.2. The van der Waals surface area contributed by atoms with Crippen LogP contribution in [0.1, 0.15) is 52.9 Å². The molecule has 3 N–H and O–H groups in total. The Balaban J connectivity index is 1.64. The number of pyridine rings is 1. The predicted octanol–water partition coefficient (Wildman–Crippen LogP) is 5.94. The van der Waals surface area contributed by atoms with Gasteiger partial charge in [0.2, 0.25) is 5.88 Å². The molecular formula is C27H35BrClFN6O3. The van der Waals surface area contributed by atoms with E-state index in [2.05, 4.69) is 37.2 Å². The highest BCUT2D eigenvalue weighted by Gasteiger charge is 2.35. The fraction of sp³-hybridized carbons (Fsp3) is 0.593. The number of hydrogen-bond acceptors (Lipinski definition) is 8. The van der Waals surface area contributed by atoms with Crippen molar-refractivity contribution in [1.82, 2.24) is 14.8 Å². The molecule has 0 radical (unpaired) electrons. The molecule has 9 nitrogen and oxygen atoms in total. The molecule has 12 heteroatoms. The summed E-state index contributed by atoms with van der Waals surface area (Å²) in [7, 11) is 2.05. The van der Waals surface area contributed by atoms with Crippen LogP contribution in [-0.2, 0) is 4.74 Å². The number of nitrogen functional groups attached to an aromatic ring is 1. The lowest BCUT2D eigenvalue weighted by atomic mass is 9.95. The van der Waals surface area contributed by atoms with Crippen molar-refractivity contribution in [3.8, 4) is 11.9 Å². The average Bonchev–Trinajstić information content (AvgIpc) is 3.27. The normalized spacial score (nSPS) is 22.1. The van der Waals surface area contributed by atoms with Crippen molar-refractivity contribution >= 4 is 55.9 Å². The number of halogens is 3. The smallest absolute Gasteiger partial charge is 0.410 e. The molecule has 1 aromatic heterocycles. The number of piperidine rings is 1. The molecular weight excluding hydrogens is 591 g/mol. The van der Waals surface area contributed by atoms with Crippen molar-refractivity contribution < 1.29 is 18.7 Å². The highest BCUT2D eigenvalue weighted by Crippen LogP contribution is 2.42.